The maximum absolute atomic E-state index is 11.1. The molecule has 1 aliphatic heterocycles. The second-order valence-electron chi connectivity index (χ2n) is 2.75. The van der Waals surface area contributed by atoms with Gasteiger partial charge in [0.2, 0.25) is 5.91 Å². The lowest BCUT2D eigenvalue weighted by molar-refractivity contribution is -0.306. The summed E-state index contributed by atoms with van der Waals surface area (Å²) in [7, 11) is 0. The van der Waals surface area contributed by atoms with E-state index in [4.69, 9.17) is 0 Å². The first-order chi connectivity index (χ1) is 5.57. The first-order valence-electron chi connectivity index (χ1n) is 3.61. The van der Waals surface area contributed by atoms with E-state index in [-0.39, 0.29) is 23.7 Å². The van der Waals surface area contributed by atoms with E-state index in [1.807, 2.05) is 6.26 Å². The summed E-state index contributed by atoms with van der Waals surface area (Å²) in [6, 6.07) is 0. The summed E-state index contributed by atoms with van der Waals surface area (Å²) in [5.41, 5.74) is 0. The van der Waals surface area contributed by atoms with Crippen LogP contribution in [0.1, 0.15) is 6.92 Å². The minimum absolute atomic E-state index is 0.00963. The average molecular weight is 188 g/mol. The number of rotatable bonds is 3. The van der Waals surface area contributed by atoms with Gasteiger partial charge in [-0.1, -0.05) is 6.92 Å². The van der Waals surface area contributed by atoms with Crippen LogP contribution in [0.25, 0.3) is 0 Å². The zero-order valence-corrected chi connectivity index (χ0v) is 7.76. The van der Waals surface area contributed by atoms with Crippen molar-refractivity contribution in [3.63, 3.8) is 0 Å². The third-order valence-electron chi connectivity index (χ3n) is 1.95. The van der Waals surface area contributed by atoms with Crippen LogP contribution in [0.4, 0.5) is 0 Å². The van der Waals surface area contributed by atoms with Gasteiger partial charge in [-0.3, -0.25) is 4.79 Å². The van der Waals surface area contributed by atoms with Crippen molar-refractivity contribution in [2.24, 2.45) is 5.92 Å². The predicted octanol–water partition coefficient (Wildman–Crippen LogP) is -1.10. The SMILES string of the molecule is CSC1C(C)C(=O)N1CC(=O)[O-]. The van der Waals surface area contributed by atoms with E-state index in [0.29, 0.717) is 0 Å². The molecule has 68 valence electrons. The number of carbonyl (C=O) groups excluding carboxylic acids is 2. The standard InChI is InChI=1S/C7H11NO3S/c1-4-6(11)8(3-5(9)10)7(4)12-2/h4,7H,3H2,1-2H3,(H,9,10)/p-1. The van der Waals surface area contributed by atoms with Crippen LogP contribution in [-0.2, 0) is 9.59 Å². The van der Waals surface area contributed by atoms with Crippen molar-refractivity contribution >= 4 is 23.6 Å². The molecule has 4 nitrogen and oxygen atoms in total. The van der Waals surface area contributed by atoms with Crippen LogP contribution in [0.2, 0.25) is 0 Å². The van der Waals surface area contributed by atoms with E-state index in [2.05, 4.69) is 0 Å². The predicted molar refractivity (Wildman–Crippen MR) is 43.2 cm³/mol. The quantitative estimate of drug-likeness (QED) is 0.528. The molecule has 0 saturated carbocycles. The third-order valence-corrected chi connectivity index (χ3v) is 3.09. The normalized spacial score (nSPS) is 28.5. The molecular weight excluding hydrogens is 178 g/mol. The highest BCUT2D eigenvalue weighted by molar-refractivity contribution is 7.99. The van der Waals surface area contributed by atoms with Crippen LogP contribution in [0.3, 0.4) is 0 Å². The van der Waals surface area contributed by atoms with Crippen molar-refractivity contribution in [3.8, 4) is 0 Å². The van der Waals surface area contributed by atoms with E-state index in [1.165, 1.54) is 16.7 Å². The number of carboxylic acids is 1. The van der Waals surface area contributed by atoms with Crippen LogP contribution >= 0.6 is 11.8 Å². The molecule has 0 bridgehead atoms. The molecular formula is C7H10NO3S-. The summed E-state index contributed by atoms with van der Waals surface area (Å²) in [6.45, 7) is 1.52. The summed E-state index contributed by atoms with van der Waals surface area (Å²) in [5.74, 6) is -1.35. The number of carboxylic acid groups (broad SMARTS) is 1. The Morgan fingerprint density at radius 2 is 2.33 bits per heavy atom. The Morgan fingerprint density at radius 3 is 2.75 bits per heavy atom. The molecule has 1 aliphatic rings. The molecule has 5 heteroatoms. The molecule has 0 radical (unpaired) electrons. The zero-order valence-electron chi connectivity index (χ0n) is 6.94. The molecule has 1 fully saturated rings. The molecule has 1 heterocycles. The van der Waals surface area contributed by atoms with Gasteiger partial charge in [0.15, 0.2) is 0 Å². The van der Waals surface area contributed by atoms with Gasteiger partial charge < -0.3 is 14.8 Å². The van der Waals surface area contributed by atoms with E-state index in [1.54, 1.807) is 6.92 Å². The fraction of sp³-hybridized carbons (Fsp3) is 0.714. The number of β-lactam (4-membered cyclic amide) rings is 1. The topological polar surface area (TPSA) is 60.4 Å². The van der Waals surface area contributed by atoms with Crippen LogP contribution < -0.4 is 5.11 Å². The van der Waals surface area contributed by atoms with E-state index >= 15 is 0 Å². The van der Waals surface area contributed by atoms with Gasteiger partial charge in [0.05, 0.1) is 23.8 Å². The number of hydrogen-bond donors (Lipinski definition) is 0. The Labute approximate surface area is 74.9 Å². The maximum atomic E-state index is 11.1. The number of aliphatic carboxylic acids is 1. The van der Waals surface area contributed by atoms with Gasteiger partial charge >= 0.3 is 0 Å². The number of carbonyl (C=O) groups is 2. The van der Waals surface area contributed by atoms with Crippen LogP contribution in [0.5, 0.6) is 0 Å². The minimum atomic E-state index is -1.20. The van der Waals surface area contributed by atoms with Gasteiger partial charge in [0.25, 0.3) is 0 Å². The lowest BCUT2D eigenvalue weighted by Crippen LogP contribution is -2.60. The molecule has 1 amide bonds. The molecule has 0 aromatic heterocycles. The number of nitrogens with zero attached hydrogens (tertiary/aromatic N) is 1. The van der Waals surface area contributed by atoms with E-state index < -0.39 is 5.97 Å². The smallest absolute Gasteiger partial charge is 0.229 e. The van der Waals surface area contributed by atoms with Gasteiger partial charge in [-0.05, 0) is 6.26 Å². The van der Waals surface area contributed by atoms with Crippen molar-refractivity contribution in [2.75, 3.05) is 12.8 Å². The van der Waals surface area contributed by atoms with Gasteiger partial charge in [-0.25, -0.2) is 0 Å². The molecule has 12 heavy (non-hydrogen) atoms. The fourth-order valence-corrected chi connectivity index (χ4v) is 2.29. The summed E-state index contributed by atoms with van der Waals surface area (Å²) >= 11 is 1.49. The molecule has 0 aliphatic carbocycles. The lowest BCUT2D eigenvalue weighted by atomic mass is 10.0. The van der Waals surface area contributed by atoms with Crippen LogP contribution in [0, 0.1) is 5.92 Å². The summed E-state index contributed by atoms with van der Waals surface area (Å²) < 4.78 is 0. The van der Waals surface area contributed by atoms with Crippen molar-refractivity contribution in [2.45, 2.75) is 12.3 Å². The number of likely N-dealkylation sites (tertiary alicyclic amines) is 1. The summed E-state index contributed by atoms with van der Waals surface area (Å²) in [6.07, 6.45) is 1.86. The van der Waals surface area contributed by atoms with E-state index in [0.717, 1.165) is 0 Å². The Balaban J connectivity index is 2.54. The molecule has 2 atom stereocenters. The Hall–Kier alpha value is -0.710. The molecule has 0 spiro atoms. The zero-order chi connectivity index (χ0) is 9.30. The van der Waals surface area contributed by atoms with Gasteiger partial charge in [-0.15, -0.1) is 11.8 Å². The molecule has 2 unspecified atom stereocenters. The van der Waals surface area contributed by atoms with Gasteiger partial charge in [0, 0.05) is 0 Å². The Bertz CT molecular complexity index is 219. The second-order valence-corrected chi connectivity index (χ2v) is 3.71. The molecule has 0 N–H and O–H groups in total. The van der Waals surface area contributed by atoms with E-state index in [9.17, 15) is 14.7 Å². The largest absolute Gasteiger partial charge is 0.548 e. The highest BCUT2D eigenvalue weighted by Crippen LogP contribution is 2.32. The summed E-state index contributed by atoms with van der Waals surface area (Å²) in [5, 5.41) is 10.2. The lowest BCUT2D eigenvalue weighted by Gasteiger charge is -2.44. The Morgan fingerprint density at radius 1 is 1.75 bits per heavy atom. The van der Waals surface area contributed by atoms with Crippen LogP contribution in [-0.4, -0.2) is 35.0 Å². The van der Waals surface area contributed by atoms with Crippen molar-refractivity contribution < 1.29 is 14.7 Å². The molecule has 0 aromatic rings. The molecule has 1 rings (SSSR count). The highest BCUT2D eigenvalue weighted by Gasteiger charge is 2.43. The van der Waals surface area contributed by atoms with Crippen molar-refractivity contribution in [3.05, 3.63) is 0 Å². The molecule has 1 saturated heterocycles. The van der Waals surface area contributed by atoms with Crippen LogP contribution in [0.15, 0.2) is 0 Å². The molecule has 0 aromatic carbocycles. The number of thioether (sulfide) groups is 1. The maximum Gasteiger partial charge on any atom is 0.229 e. The van der Waals surface area contributed by atoms with Gasteiger partial charge in [0.1, 0.15) is 0 Å². The summed E-state index contributed by atoms with van der Waals surface area (Å²) in [4.78, 5) is 22.6. The number of amides is 1. The van der Waals surface area contributed by atoms with Crippen molar-refractivity contribution in [1.29, 1.82) is 0 Å². The first-order valence-corrected chi connectivity index (χ1v) is 4.90. The third kappa shape index (κ3) is 1.41. The van der Waals surface area contributed by atoms with Gasteiger partial charge in [-0.2, -0.15) is 0 Å². The van der Waals surface area contributed by atoms with Crippen molar-refractivity contribution in [1.82, 2.24) is 4.90 Å². The first kappa shape index (κ1) is 9.38. The average Bonchev–Trinajstić information content (AvgIpc) is 2.03. The second kappa shape index (κ2) is 3.35. The Kier molecular flexibility index (Phi) is 2.62. The monoisotopic (exact) mass is 188 g/mol. The fourth-order valence-electron chi connectivity index (χ4n) is 1.34. The minimum Gasteiger partial charge on any atom is -0.548 e. The number of hydrogen-bond acceptors (Lipinski definition) is 4. The highest BCUT2D eigenvalue weighted by atomic mass is 32.2.